The summed E-state index contributed by atoms with van der Waals surface area (Å²) in [6.45, 7) is -0.461. The number of hydrogen-bond acceptors (Lipinski definition) is 10. The number of carbonyl (C=O) groups is 3. The molecule has 0 radical (unpaired) electrons. The molecule has 1 fully saturated rings. The van der Waals surface area contributed by atoms with Gasteiger partial charge in [-0.05, 0) is 35.5 Å². The molecule has 1 aromatic carbocycles. The summed E-state index contributed by atoms with van der Waals surface area (Å²) in [5.41, 5.74) is 0.375. The molecule has 0 N–H and O–H groups in total. The van der Waals surface area contributed by atoms with Gasteiger partial charge in [0, 0.05) is 12.1 Å². The summed E-state index contributed by atoms with van der Waals surface area (Å²) >= 11 is 0.707. The van der Waals surface area contributed by atoms with Crippen molar-refractivity contribution in [1.29, 1.82) is 0 Å². The highest BCUT2D eigenvalue weighted by Gasteiger charge is 2.36. The summed E-state index contributed by atoms with van der Waals surface area (Å²) in [4.78, 5) is 50.8. The Balaban J connectivity index is 1.79. The van der Waals surface area contributed by atoms with Crippen molar-refractivity contribution in [2.75, 3.05) is 20.8 Å². The Morgan fingerprint density at radius 2 is 2.00 bits per heavy atom. The third kappa shape index (κ3) is 4.98. The van der Waals surface area contributed by atoms with Crippen LogP contribution < -0.4 is 9.47 Å². The van der Waals surface area contributed by atoms with Crippen LogP contribution in [0.25, 0.3) is 6.08 Å². The van der Waals surface area contributed by atoms with E-state index in [2.05, 4.69) is 9.72 Å². The molecule has 3 rings (SSSR count). The number of benzene rings is 1. The maximum absolute atomic E-state index is 12.4. The van der Waals surface area contributed by atoms with E-state index in [9.17, 15) is 24.5 Å². The molecule has 160 valence electrons. The number of esters is 1. The lowest BCUT2D eigenvalue weighted by Gasteiger charge is -2.11. The van der Waals surface area contributed by atoms with Crippen molar-refractivity contribution < 1.29 is 33.5 Å². The summed E-state index contributed by atoms with van der Waals surface area (Å²) in [7, 11) is 2.58. The van der Waals surface area contributed by atoms with E-state index in [0.29, 0.717) is 28.8 Å². The second kappa shape index (κ2) is 9.26. The first-order valence-electron chi connectivity index (χ1n) is 8.61. The van der Waals surface area contributed by atoms with Crippen LogP contribution in [-0.4, -0.2) is 52.7 Å². The Kier molecular flexibility index (Phi) is 6.50. The Morgan fingerprint density at radius 1 is 1.23 bits per heavy atom. The minimum absolute atomic E-state index is 0.126. The molecule has 2 amide bonds. The van der Waals surface area contributed by atoms with Crippen LogP contribution >= 0.6 is 11.8 Å². The highest BCUT2D eigenvalue weighted by atomic mass is 32.2. The van der Waals surface area contributed by atoms with E-state index >= 15 is 0 Å². The zero-order valence-electron chi connectivity index (χ0n) is 16.3. The van der Waals surface area contributed by atoms with E-state index in [1.165, 1.54) is 32.4 Å². The second-order valence-electron chi connectivity index (χ2n) is 5.97. The fourth-order valence-corrected chi connectivity index (χ4v) is 3.33. The summed E-state index contributed by atoms with van der Waals surface area (Å²) in [5, 5.41) is 10.1. The third-order valence-electron chi connectivity index (χ3n) is 4.02. The highest BCUT2D eigenvalue weighted by molar-refractivity contribution is 8.18. The molecule has 0 aliphatic carbocycles. The molecule has 0 bridgehead atoms. The number of rotatable bonds is 7. The molecular formula is C19H15N3O8S. The average molecular weight is 445 g/mol. The molecule has 0 unspecified atom stereocenters. The van der Waals surface area contributed by atoms with E-state index < -0.39 is 28.6 Å². The van der Waals surface area contributed by atoms with Crippen molar-refractivity contribution in [3.63, 3.8) is 0 Å². The van der Waals surface area contributed by atoms with Gasteiger partial charge in [0.2, 0.25) is 5.88 Å². The number of thioether (sulfide) groups is 1. The largest absolute Gasteiger partial charge is 0.493 e. The molecule has 0 spiro atoms. The van der Waals surface area contributed by atoms with Crippen molar-refractivity contribution >= 4 is 40.6 Å². The zero-order valence-corrected chi connectivity index (χ0v) is 17.1. The molecule has 1 aromatic heterocycles. The fraction of sp³-hybridized carbons (Fsp3) is 0.158. The van der Waals surface area contributed by atoms with Crippen molar-refractivity contribution in [1.82, 2.24) is 9.88 Å². The summed E-state index contributed by atoms with van der Waals surface area (Å²) in [6, 6.07) is 7.37. The molecule has 1 saturated heterocycles. The summed E-state index contributed by atoms with van der Waals surface area (Å²) < 4.78 is 15.4. The van der Waals surface area contributed by atoms with Gasteiger partial charge in [0.05, 0.1) is 24.0 Å². The van der Waals surface area contributed by atoms with Crippen LogP contribution in [0.5, 0.6) is 17.4 Å². The Labute approximate surface area is 179 Å². The number of amides is 2. The molecule has 12 heteroatoms. The van der Waals surface area contributed by atoms with Gasteiger partial charge in [-0.15, -0.1) is 0 Å². The second-order valence-corrected chi connectivity index (χ2v) is 6.96. The van der Waals surface area contributed by atoms with E-state index in [1.54, 1.807) is 18.2 Å². The predicted molar refractivity (Wildman–Crippen MR) is 109 cm³/mol. The van der Waals surface area contributed by atoms with Gasteiger partial charge in [0.15, 0.2) is 11.5 Å². The van der Waals surface area contributed by atoms with Crippen molar-refractivity contribution in [3.8, 4) is 17.4 Å². The number of nitro groups is 1. The average Bonchev–Trinajstić information content (AvgIpc) is 3.02. The van der Waals surface area contributed by atoms with Crippen molar-refractivity contribution in [3.05, 3.63) is 57.1 Å². The first kappa shape index (κ1) is 21.8. The molecule has 11 nitrogen and oxygen atoms in total. The van der Waals surface area contributed by atoms with E-state index in [1.807, 2.05) is 0 Å². The number of hydrogen-bond donors (Lipinski definition) is 0. The highest BCUT2D eigenvalue weighted by Crippen LogP contribution is 2.35. The van der Waals surface area contributed by atoms with Crippen LogP contribution in [0.2, 0.25) is 0 Å². The predicted octanol–water partition coefficient (Wildman–Crippen LogP) is 3.00. The van der Waals surface area contributed by atoms with Crippen LogP contribution in [0, 0.1) is 10.1 Å². The molecular weight excluding hydrogens is 430 g/mol. The van der Waals surface area contributed by atoms with Gasteiger partial charge in [-0.25, -0.2) is 4.98 Å². The Bertz CT molecular complexity index is 1080. The molecule has 2 heterocycles. The van der Waals surface area contributed by atoms with Crippen LogP contribution in [-0.2, 0) is 14.3 Å². The molecule has 1 aliphatic heterocycles. The minimum atomic E-state index is -0.702. The maximum atomic E-state index is 12.4. The zero-order chi connectivity index (χ0) is 22.5. The normalized spacial score (nSPS) is 14.6. The molecule has 1 aliphatic rings. The number of ether oxygens (including phenoxy) is 3. The van der Waals surface area contributed by atoms with Crippen LogP contribution in [0.4, 0.5) is 10.5 Å². The number of methoxy groups -OCH3 is 2. The number of carbonyl (C=O) groups excluding carboxylic acids is 3. The molecule has 31 heavy (non-hydrogen) atoms. The van der Waals surface area contributed by atoms with Gasteiger partial charge in [0.25, 0.3) is 16.8 Å². The molecule has 2 aromatic rings. The summed E-state index contributed by atoms with van der Waals surface area (Å²) in [6.07, 6.45) is 2.55. The Morgan fingerprint density at radius 3 is 2.61 bits per heavy atom. The van der Waals surface area contributed by atoms with E-state index in [0.717, 1.165) is 11.1 Å². The standard InChI is InChI=1S/C19H15N3O8S/c1-28-14-7-11(8-15-18(24)21(19(25)31-15)10-17(23)29-2)3-5-13(14)30-16-6-4-12(9-20-16)22(26)27/h3-9H,10H2,1-2H3/b15-8-. The van der Waals surface area contributed by atoms with Gasteiger partial charge >= 0.3 is 5.97 Å². The first-order chi connectivity index (χ1) is 14.8. The minimum Gasteiger partial charge on any atom is -0.493 e. The first-order valence-corrected chi connectivity index (χ1v) is 9.42. The van der Waals surface area contributed by atoms with E-state index in [4.69, 9.17) is 9.47 Å². The third-order valence-corrected chi connectivity index (χ3v) is 4.93. The van der Waals surface area contributed by atoms with Gasteiger partial charge in [0.1, 0.15) is 12.7 Å². The van der Waals surface area contributed by atoms with Gasteiger partial charge in [-0.2, -0.15) is 0 Å². The van der Waals surface area contributed by atoms with Gasteiger partial charge in [-0.1, -0.05) is 6.07 Å². The SMILES string of the molecule is COC(=O)CN1C(=O)S/C(=C\c2ccc(Oc3ccc([N+](=O)[O-])cn3)c(OC)c2)C1=O. The lowest BCUT2D eigenvalue weighted by Crippen LogP contribution is -2.34. The van der Waals surface area contributed by atoms with E-state index in [-0.39, 0.29) is 16.5 Å². The molecule has 0 atom stereocenters. The Hall–Kier alpha value is -3.93. The van der Waals surface area contributed by atoms with Crippen LogP contribution in [0.1, 0.15) is 5.56 Å². The number of nitrogens with zero attached hydrogens (tertiary/aromatic N) is 3. The monoisotopic (exact) mass is 445 g/mol. The quantitative estimate of drug-likeness (QED) is 0.270. The number of aromatic nitrogens is 1. The van der Waals surface area contributed by atoms with Crippen LogP contribution in [0.3, 0.4) is 0 Å². The lowest BCUT2D eigenvalue weighted by molar-refractivity contribution is -0.385. The lowest BCUT2D eigenvalue weighted by atomic mass is 10.2. The van der Waals surface area contributed by atoms with Gasteiger partial charge in [-0.3, -0.25) is 29.4 Å². The number of imide groups is 1. The summed E-state index contributed by atoms with van der Waals surface area (Å²) in [5.74, 6) is -0.579. The number of pyridine rings is 1. The smallest absolute Gasteiger partial charge is 0.325 e. The maximum Gasteiger partial charge on any atom is 0.325 e. The fourth-order valence-electron chi connectivity index (χ4n) is 2.49. The van der Waals surface area contributed by atoms with Crippen LogP contribution in [0.15, 0.2) is 41.4 Å². The van der Waals surface area contributed by atoms with Crippen molar-refractivity contribution in [2.24, 2.45) is 0 Å². The molecule has 0 saturated carbocycles. The topological polar surface area (TPSA) is 138 Å². The van der Waals surface area contributed by atoms with Gasteiger partial charge < -0.3 is 14.2 Å². The van der Waals surface area contributed by atoms with Crippen molar-refractivity contribution in [2.45, 2.75) is 0 Å².